The van der Waals surface area contributed by atoms with Crippen LogP contribution in [0.25, 0.3) is 0 Å². The van der Waals surface area contributed by atoms with E-state index in [4.69, 9.17) is 5.73 Å². The van der Waals surface area contributed by atoms with E-state index in [0.717, 1.165) is 11.6 Å². The van der Waals surface area contributed by atoms with Crippen LogP contribution >= 0.6 is 0 Å². The van der Waals surface area contributed by atoms with Crippen molar-refractivity contribution < 1.29 is 13.2 Å². The minimum Gasteiger partial charge on any atom is -0.324 e. The highest BCUT2D eigenvalue weighted by Gasteiger charge is 2.28. The van der Waals surface area contributed by atoms with Crippen molar-refractivity contribution in [3.63, 3.8) is 0 Å². The van der Waals surface area contributed by atoms with Crippen molar-refractivity contribution in [3.8, 4) is 0 Å². The number of fused-ring (bicyclic) bond motifs is 1. The molecule has 1 aliphatic rings. The van der Waals surface area contributed by atoms with Gasteiger partial charge in [0.1, 0.15) is 5.82 Å². The van der Waals surface area contributed by atoms with Gasteiger partial charge in [-0.25, -0.2) is 13.2 Å². The molecule has 0 bridgehead atoms. The number of hydrogen-bond acceptors (Lipinski definition) is 1. The highest BCUT2D eigenvalue weighted by molar-refractivity contribution is 5.42. The average molecular weight is 201 g/mol. The molecule has 0 aromatic heterocycles. The summed E-state index contributed by atoms with van der Waals surface area (Å²) in [4.78, 5) is 0. The Morgan fingerprint density at radius 3 is 2.71 bits per heavy atom. The lowest BCUT2D eigenvalue weighted by Crippen LogP contribution is -2.10. The monoisotopic (exact) mass is 201 g/mol. The van der Waals surface area contributed by atoms with E-state index in [1.807, 2.05) is 0 Å². The lowest BCUT2D eigenvalue weighted by atomic mass is 10.0. The van der Waals surface area contributed by atoms with Gasteiger partial charge in [0, 0.05) is 6.04 Å². The Kier molecular flexibility index (Phi) is 2.23. The first kappa shape index (κ1) is 9.52. The second-order valence-electron chi connectivity index (χ2n) is 3.48. The van der Waals surface area contributed by atoms with E-state index in [1.54, 1.807) is 6.07 Å². The first-order valence-electron chi connectivity index (χ1n) is 4.46. The number of rotatable bonds is 1. The van der Waals surface area contributed by atoms with Gasteiger partial charge in [-0.15, -0.1) is 0 Å². The topological polar surface area (TPSA) is 26.0 Å². The van der Waals surface area contributed by atoms with Crippen LogP contribution in [0.1, 0.15) is 35.6 Å². The van der Waals surface area contributed by atoms with E-state index in [9.17, 15) is 13.2 Å². The fourth-order valence-corrected chi connectivity index (χ4v) is 1.99. The minimum absolute atomic E-state index is 0.319. The molecule has 1 aromatic rings. The Bertz CT molecular complexity index is 363. The van der Waals surface area contributed by atoms with Crippen molar-refractivity contribution >= 4 is 0 Å². The SMILES string of the molecule is N[C@H]1CCc2ccc(F)c(C(F)F)c21. The fraction of sp³-hybridized carbons (Fsp3) is 0.400. The molecule has 1 nitrogen and oxygen atoms in total. The van der Waals surface area contributed by atoms with Crippen molar-refractivity contribution in [1.82, 2.24) is 0 Å². The lowest BCUT2D eigenvalue weighted by molar-refractivity contribution is 0.144. The van der Waals surface area contributed by atoms with Crippen LogP contribution in [0.2, 0.25) is 0 Å². The summed E-state index contributed by atoms with van der Waals surface area (Å²) in [6.07, 6.45) is -1.50. The Balaban J connectivity index is 2.62. The molecule has 76 valence electrons. The summed E-state index contributed by atoms with van der Waals surface area (Å²) in [7, 11) is 0. The Morgan fingerprint density at radius 2 is 2.07 bits per heavy atom. The second-order valence-corrected chi connectivity index (χ2v) is 3.48. The number of hydrogen-bond donors (Lipinski definition) is 1. The highest BCUT2D eigenvalue weighted by atomic mass is 19.3. The van der Waals surface area contributed by atoms with Gasteiger partial charge in [0.15, 0.2) is 0 Å². The van der Waals surface area contributed by atoms with Crippen molar-refractivity contribution in [2.75, 3.05) is 0 Å². The van der Waals surface area contributed by atoms with Crippen LogP contribution in [0.5, 0.6) is 0 Å². The van der Waals surface area contributed by atoms with Gasteiger partial charge in [-0.2, -0.15) is 0 Å². The summed E-state index contributed by atoms with van der Waals surface area (Å²) < 4.78 is 38.3. The van der Waals surface area contributed by atoms with Crippen LogP contribution in [0.3, 0.4) is 0 Å². The van der Waals surface area contributed by atoms with E-state index in [-0.39, 0.29) is 0 Å². The molecule has 2 N–H and O–H groups in total. The van der Waals surface area contributed by atoms with E-state index in [2.05, 4.69) is 0 Å². The fourth-order valence-electron chi connectivity index (χ4n) is 1.99. The first-order chi connectivity index (χ1) is 6.61. The summed E-state index contributed by atoms with van der Waals surface area (Å²) in [5.74, 6) is -0.851. The molecule has 14 heavy (non-hydrogen) atoms. The van der Waals surface area contributed by atoms with Crippen LogP contribution in [0.4, 0.5) is 13.2 Å². The quantitative estimate of drug-likeness (QED) is 0.742. The maximum absolute atomic E-state index is 13.1. The van der Waals surface area contributed by atoms with Crippen LogP contribution in [0.15, 0.2) is 12.1 Å². The summed E-state index contributed by atoms with van der Waals surface area (Å²) in [5, 5.41) is 0. The largest absolute Gasteiger partial charge is 0.324 e. The van der Waals surface area contributed by atoms with E-state index in [1.165, 1.54) is 0 Å². The smallest absolute Gasteiger partial charge is 0.267 e. The summed E-state index contributed by atoms with van der Waals surface area (Å²) >= 11 is 0. The molecule has 2 rings (SSSR count). The molecule has 0 unspecified atom stereocenters. The Morgan fingerprint density at radius 1 is 1.36 bits per heavy atom. The third-order valence-electron chi connectivity index (χ3n) is 2.64. The summed E-state index contributed by atoms with van der Waals surface area (Å²) in [6.45, 7) is 0. The van der Waals surface area contributed by atoms with Gasteiger partial charge in [0.2, 0.25) is 0 Å². The molecule has 1 aliphatic carbocycles. The molecule has 0 heterocycles. The van der Waals surface area contributed by atoms with Crippen LogP contribution in [-0.2, 0) is 6.42 Å². The zero-order chi connectivity index (χ0) is 10.3. The third-order valence-corrected chi connectivity index (χ3v) is 2.64. The van der Waals surface area contributed by atoms with Gasteiger partial charge in [-0.1, -0.05) is 6.07 Å². The van der Waals surface area contributed by atoms with Gasteiger partial charge in [0.05, 0.1) is 5.56 Å². The van der Waals surface area contributed by atoms with Crippen molar-refractivity contribution in [1.29, 1.82) is 0 Å². The third kappa shape index (κ3) is 1.30. The summed E-state index contributed by atoms with van der Waals surface area (Å²) in [6, 6.07) is 2.20. The van der Waals surface area contributed by atoms with E-state index in [0.29, 0.717) is 18.4 Å². The normalized spacial score (nSPS) is 20.2. The minimum atomic E-state index is -2.78. The molecule has 0 spiro atoms. The van der Waals surface area contributed by atoms with Gasteiger partial charge in [0.25, 0.3) is 6.43 Å². The molecule has 1 aromatic carbocycles. The number of benzene rings is 1. The molecule has 4 heteroatoms. The lowest BCUT2D eigenvalue weighted by Gasteiger charge is -2.12. The van der Waals surface area contributed by atoms with E-state index < -0.39 is 23.8 Å². The van der Waals surface area contributed by atoms with Gasteiger partial charge < -0.3 is 5.73 Å². The summed E-state index contributed by atoms with van der Waals surface area (Å²) in [5.41, 5.74) is 6.22. The molecular weight excluding hydrogens is 191 g/mol. The predicted molar refractivity (Wildman–Crippen MR) is 46.6 cm³/mol. The predicted octanol–water partition coefficient (Wildman–Crippen LogP) is 2.71. The van der Waals surface area contributed by atoms with Gasteiger partial charge >= 0.3 is 0 Å². The Labute approximate surface area is 79.7 Å². The van der Waals surface area contributed by atoms with Gasteiger partial charge in [-0.3, -0.25) is 0 Å². The standard InChI is InChI=1S/C10H10F3N/c11-6-3-1-5-2-4-7(14)8(5)9(6)10(12)13/h1,3,7,10H,2,4,14H2/t7-/m0/s1. The molecule has 0 radical (unpaired) electrons. The zero-order valence-electron chi connectivity index (χ0n) is 7.43. The van der Waals surface area contributed by atoms with Crippen molar-refractivity contribution in [2.24, 2.45) is 5.73 Å². The highest BCUT2D eigenvalue weighted by Crippen LogP contribution is 2.37. The molecule has 0 aliphatic heterocycles. The van der Waals surface area contributed by atoms with Crippen molar-refractivity contribution in [2.45, 2.75) is 25.3 Å². The molecule has 0 saturated carbocycles. The van der Waals surface area contributed by atoms with E-state index >= 15 is 0 Å². The maximum atomic E-state index is 13.1. The molecule has 1 atom stereocenters. The number of halogens is 3. The number of alkyl halides is 2. The zero-order valence-corrected chi connectivity index (χ0v) is 7.43. The van der Waals surface area contributed by atoms with Crippen LogP contribution in [0, 0.1) is 5.82 Å². The molecular formula is C10H10F3N. The molecule has 0 saturated heterocycles. The van der Waals surface area contributed by atoms with Gasteiger partial charge in [-0.05, 0) is 30.0 Å². The van der Waals surface area contributed by atoms with Crippen LogP contribution in [-0.4, -0.2) is 0 Å². The average Bonchev–Trinajstić information content (AvgIpc) is 2.47. The Hall–Kier alpha value is -1.03. The number of nitrogens with two attached hydrogens (primary N) is 1. The maximum Gasteiger partial charge on any atom is 0.267 e. The molecule has 0 amide bonds. The van der Waals surface area contributed by atoms with Crippen molar-refractivity contribution in [3.05, 3.63) is 34.6 Å². The second kappa shape index (κ2) is 3.28. The molecule has 0 fully saturated rings. The first-order valence-corrected chi connectivity index (χ1v) is 4.46. The van der Waals surface area contributed by atoms with Crippen LogP contribution < -0.4 is 5.73 Å². The number of aryl methyl sites for hydroxylation is 1.